The van der Waals surface area contributed by atoms with Gasteiger partial charge in [-0.2, -0.15) is 0 Å². The zero-order valence-corrected chi connectivity index (χ0v) is 15.6. The van der Waals surface area contributed by atoms with Crippen molar-refractivity contribution in [3.8, 4) is 0 Å². The fourth-order valence-electron chi connectivity index (χ4n) is 3.36. The molecular weight excluding hydrogens is 349 g/mol. The number of hydrogen-bond donors (Lipinski definition) is 0. The van der Waals surface area contributed by atoms with Gasteiger partial charge in [0.05, 0.1) is 11.6 Å². The summed E-state index contributed by atoms with van der Waals surface area (Å²) in [5, 5.41) is 0. The Kier molecular flexibility index (Phi) is 5.12. The summed E-state index contributed by atoms with van der Waals surface area (Å²) in [4.78, 5) is 40.3. The number of carbonyl (C=O) groups excluding carboxylic acids is 3. The average Bonchev–Trinajstić information content (AvgIpc) is 3.27. The minimum absolute atomic E-state index is 0.00812. The Morgan fingerprint density at radius 1 is 1.22 bits per heavy atom. The average molecular weight is 371 g/mol. The number of hydrogen-bond acceptors (Lipinski definition) is 3. The number of likely N-dealkylation sites (tertiary alicyclic amines) is 1. The number of carbonyl (C=O) groups is 3. The Morgan fingerprint density at radius 2 is 1.93 bits per heavy atom. The molecule has 1 fully saturated rings. The van der Waals surface area contributed by atoms with Gasteiger partial charge in [-0.15, -0.1) is 0 Å². The van der Waals surface area contributed by atoms with Gasteiger partial charge in [0.2, 0.25) is 5.91 Å². The highest BCUT2D eigenvalue weighted by molar-refractivity contribution is 6.10. The third kappa shape index (κ3) is 3.63. The molecule has 142 valence electrons. The zero-order chi connectivity index (χ0) is 19.7. The van der Waals surface area contributed by atoms with E-state index in [2.05, 4.69) is 0 Å². The van der Waals surface area contributed by atoms with Crippen LogP contribution in [0.2, 0.25) is 0 Å². The number of aromatic nitrogens is 1. The molecule has 2 heterocycles. The summed E-state index contributed by atoms with van der Waals surface area (Å²) in [5.74, 6) is -1.29. The van der Waals surface area contributed by atoms with Crippen molar-refractivity contribution in [1.82, 2.24) is 14.4 Å². The Labute approximate surface area is 157 Å². The molecule has 0 aliphatic carbocycles. The summed E-state index contributed by atoms with van der Waals surface area (Å²) in [6.07, 6.45) is 2.25. The highest BCUT2D eigenvalue weighted by atomic mass is 19.1. The molecule has 6 nitrogen and oxygen atoms in total. The molecule has 7 heteroatoms. The van der Waals surface area contributed by atoms with Gasteiger partial charge in [-0.05, 0) is 24.6 Å². The van der Waals surface area contributed by atoms with Crippen LogP contribution in [-0.4, -0.2) is 58.1 Å². The Bertz CT molecular complexity index is 906. The normalized spacial score (nSPS) is 16.4. The summed E-state index contributed by atoms with van der Waals surface area (Å²) < 4.78 is 15.5. The number of ketones is 1. The second-order valence-corrected chi connectivity index (χ2v) is 6.86. The molecule has 1 aliphatic rings. The first-order chi connectivity index (χ1) is 12.8. The molecule has 1 aliphatic heterocycles. The molecule has 0 bridgehead atoms. The number of nitrogens with zero attached hydrogens (tertiary/aromatic N) is 3. The lowest BCUT2D eigenvalue weighted by Crippen LogP contribution is -2.39. The van der Waals surface area contributed by atoms with Gasteiger partial charge in [0.25, 0.3) is 5.91 Å². The predicted octanol–water partition coefficient (Wildman–Crippen LogP) is 2.09. The van der Waals surface area contributed by atoms with Gasteiger partial charge in [0.15, 0.2) is 5.78 Å². The topological polar surface area (TPSA) is 62.6 Å². The van der Waals surface area contributed by atoms with Crippen LogP contribution in [0.5, 0.6) is 0 Å². The molecule has 1 aromatic heterocycles. The molecule has 1 aromatic carbocycles. The van der Waals surface area contributed by atoms with E-state index in [1.54, 1.807) is 34.5 Å². The molecular formula is C20H22FN3O3. The van der Waals surface area contributed by atoms with Crippen molar-refractivity contribution in [1.29, 1.82) is 0 Å². The number of aryl methyl sites for hydroxylation is 1. The van der Waals surface area contributed by atoms with Crippen molar-refractivity contribution >= 4 is 17.6 Å². The molecule has 0 unspecified atom stereocenters. The Hall–Kier alpha value is -2.96. The van der Waals surface area contributed by atoms with Crippen molar-refractivity contribution in [2.45, 2.75) is 19.4 Å². The van der Waals surface area contributed by atoms with E-state index >= 15 is 0 Å². The first kappa shape index (κ1) is 18.8. The highest BCUT2D eigenvalue weighted by Gasteiger charge is 2.31. The molecule has 2 amide bonds. The smallest absolute Gasteiger partial charge is 0.270 e. The number of amides is 2. The van der Waals surface area contributed by atoms with Gasteiger partial charge in [-0.25, -0.2) is 4.39 Å². The van der Waals surface area contributed by atoms with Gasteiger partial charge in [-0.3, -0.25) is 14.4 Å². The van der Waals surface area contributed by atoms with Crippen LogP contribution in [-0.2, 0) is 11.8 Å². The molecule has 0 radical (unpaired) electrons. The van der Waals surface area contributed by atoms with Crippen molar-refractivity contribution in [3.05, 3.63) is 59.2 Å². The van der Waals surface area contributed by atoms with E-state index in [4.69, 9.17) is 0 Å². The van der Waals surface area contributed by atoms with Crippen molar-refractivity contribution in [2.24, 2.45) is 7.05 Å². The van der Waals surface area contributed by atoms with Gasteiger partial charge < -0.3 is 14.4 Å². The summed E-state index contributed by atoms with van der Waals surface area (Å²) in [5.41, 5.74) is 0.606. The zero-order valence-electron chi connectivity index (χ0n) is 15.6. The molecule has 1 atom stereocenters. The van der Waals surface area contributed by atoms with E-state index in [1.807, 2.05) is 0 Å². The lowest BCUT2D eigenvalue weighted by molar-refractivity contribution is -0.129. The minimum atomic E-state index is -0.589. The van der Waals surface area contributed by atoms with E-state index in [-0.39, 0.29) is 29.0 Å². The Balaban J connectivity index is 1.79. The van der Waals surface area contributed by atoms with Crippen molar-refractivity contribution in [2.75, 3.05) is 20.1 Å². The van der Waals surface area contributed by atoms with Crippen molar-refractivity contribution < 1.29 is 18.8 Å². The minimum Gasteiger partial charge on any atom is -0.346 e. The van der Waals surface area contributed by atoms with Gasteiger partial charge in [-0.1, -0.05) is 12.1 Å². The van der Waals surface area contributed by atoms with Crippen LogP contribution in [0.3, 0.4) is 0 Å². The second-order valence-electron chi connectivity index (χ2n) is 6.86. The predicted molar refractivity (Wildman–Crippen MR) is 98.0 cm³/mol. The van der Waals surface area contributed by atoms with E-state index in [0.29, 0.717) is 25.2 Å². The summed E-state index contributed by atoms with van der Waals surface area (Å²) >= 11 is 0. The summed E-state index contributed by atoms with van der Waals surface area (Å²) in [7, 11) is 3.41. The summed E-state index contributed by atoms with van der Waals surface area (Å²) in [6, 6.07) is 7.27. The number of benzene rings is 1. The van der Waals surface area contributed by atoms with E-state index in [9.17, 15) is 18.8 Å². The van der Waals surface area contributed by atoms with Crippen molar-refractivity contribution in [3.63, 3.8) is 0 Å². The third-order valence-electron chi connectivity index (χ3n) is 5.10. The molecule has 3 rings (SSSR count). The van der Waals surface area contributed by atoms with Crippen LogP contribution in [0.15, 0.2) is 36.5 Å². The van der Waals surface area contributed by atoms with E-state index in [1.165, 1.54) is 37.4 Å². The highest BCUT2D eigenvalue weighted by Crippen LogP contribution is 2.20. The molecule has 27 heavy (non-hydrogen) atoms. The van der Waals surface area contributed by atoms with Crippen LogP contribution in [0, 0.1) is 5.82 Å². The maximum absolute atomic E-state index is 13.9. The van der Waals surface area contributed by atoms with E-state index in [0.717, 1.165) is 0 Å². The van der Waals surface area contributed by atoms with Crippen LogP contribution in [0.4, 0.5) is 4.39 Å². The monoisotopic (exact) mass is 371 g/mol. The Morgan fingerprint density at radius 3 is 2.59 bits per heavy atom. The van der Waals surface area contributed by atoms with Crippen LogP contribution in [0.25, 0.3) is 0 Å². The molecule has 0 N–H and O–H groups in total. The SMILES string of the molecule is CC(=O)N(C)[C@@H]1CCN(C(=O)c2cc(C(=O)c3ccccc3F)cn2C)C1. The van der Waals surface area contributed by atoms with Crippen LogP contribution < -0.4 is 0 Å². The summed E-state index contributed by atoms with van der Waals surface area (Å²) in [6.45, 7) is 2.50. The fraction of sp³-hybridized carbons (Fsp3) is 0.350. The largest absolute Gasteiger partial charge is 0.346 e. The van der Waals surface area contributed by atoms with E-state index < -0.39 is 11.6 Å². The molecule has 2 aromatic rings. The fourth-order valence-corrected chi connectivity index (χ4v) is 3.36. The van der Waals surface area contributed by atoms with Gasteiger partial charge >= 0.3 is 0 Å². The lowest BCUT2D eigenvalue weighted by atomic mass is 10.1. The van der Waals surface area contributed by atoms with Crippen LogP contribution >= 0.6 is 0 Å². The second kappa shape index (κ2) is 7.34. The number of likely N-dealkylation sites (N-methyl/N-ethyl adjacent to an activating group) is 1. The van der Waals surface area contributed by atoms with Gasteiger partial charge in [0.1, 0.15) is 11.5 Å². The number of halogens is 1. The van der Waals surface area contributed by atoms with Crippen LogP contribution in [0.1, 0.15) is 39.8 Å². The maximum Gasteiger partial charge on any atom is 0.270 e. The molecule has 1 saturated heterocycles. The molecule has 0 spiro atoms. The first-order valence-electron chi connectivity index (χ1n) is 8.78. The maximum atomic E-state index is 13.9. The standard InChI is InChI=1S/C20H22FN3O3/c1-13(25)23(3)15-8-9-24(12-15)20(27)18-10-14(11-22(18)2)19(26)16-6-4-5-7-17(16)21/h4-7,10-11,15H,8-9,12H2,1-3H3/t15-/m1/s1. The first-order valence-corrected chi connectivity index (χ1v) is 8.78. The third-order valence-corrected chi connectivity index (χ3v) is 5.10. The lowest BCUT2D eigenvalue weighted by Gasteiger charge is -2.23. The molecule has 0 saturated carbocycles. The number of rotatable bonds is 4. The van der Waals surface area contributed by atoms with Gasteiger partial charge in [0, 0.05) is 45.9 Å². The quantitative estimate of drug-likeness (QED) is 0.773.